The maximum Gasteiger partial charge on any atom is 0.290 e. The molecule has 0 aliphatic carbocycles. The van der Waals surface area contributed by atoms with Crippen molar-refractivity contribution in [2.75, 3.05) is 21.3 Å². The molecule has 0 bridgehead atoms. The van der Waals surface area contributed by atoms with Crippen molar-refractivity contribution in [3.63, 3.8) is 0 Å². The van der Waals surface area contributed by atoms with Gasteiger partial charge in [0.25, 0.3) is 5.91 Å². The molecular formula is C27H23NO7S. The lowest BCUT2D eigenvalue weighted by Crippen LogP contribution is -2.30. The third-order valence-electron chi connectivity index (χ3n) is 6.13. The van der Waals surface area contributed by atoms with E-state index in [2.05, 4.69) is 0 Å². The lowest BCUT2D eigenvalue weighted by molar-refractivity contribution is -0.130. The highest BCUT2D eigenvalue weighted by atomic mass is 32.1. The molecule has 2 aromatic heterocycles. The SMILES string of the molecule is COc1ccc(C2C(C(=O)c3cc4cccc(OC)c4o3)=C(O)C(=O)N2Cc2cccs2)cc1OC. The number of hydrogen-bond acceptors (Lipinski definition) is 8. The van der Waals surface area contributed by atoms with E-state index in [4.69, 9.17) is 18.6 Å². The van der Waals surface area contributed by atoms with Crippen LogP contribution in [0.3, 0.4) is 0 Å². The van der Waals surface area contributed by atoms with Crippen molar-refractivity contribution in [3.05, 3.63) is 87.5 Å². The van der Waals surface area contributed by atoms with Crippen LogP contribution in [-0.4, -0.2) is 43.0 Å². The summed E-state index contributed by atoms with van der Waals surface area (Å²) >= 11 is 1.48. The Balaban J connectivity index is 1.63. The van der Waals surface area contributed by atoms with Crippen LogP contribution < -0.4 is 14.2 Å². The summed E-state index contributed by atoms with van der Waals surface area (Å²) in [6.07, 6.45) is 0. The fraction of sp³-hybridized carbons (Fsp3) is 0.185. The molecule has 0 spiro atoms. The zero-order valence-electron chi connectivity index (χ0n) is 19.8. The molecule has 1 unspecified atom stereocenters. The first-order valence-corrected chi connectivity index (χ1v) is 11.9. The second-order valence-electron chi connectivity index (χ2n) is 8.11. The van der Waals surface area contributed by atoms with E-state index in [0.29, 0.717) is 33.8 Å². The van der Waals surface area contributed by atoms with Crippen LogP contribution in [0.2, 0.25) is 0 Å². The van der Waals surface area contributed by atoms with Crippen molar-refractivity contribution < 1.29 is 33.3 Å². The van der Waals surface area contributed by atoms with Crippen molar-refractivity contribution in [2.45, 2.75) is 12.6 Å². The monoisotopic (exact) mass is 505 g/mol. The highest BCUT2D eigenvalue weighted by molar-refractivity contribution is 7.09. The summed E-state index contributed by atoms with van der Waals surface area (Å²) in [5, 5.41) is 13.5. The molecule has 1 N–H and O–H groups in total. The molecule has 0 saturated heterocycles. The number of hydrogen-bond donors (Lipinski definition) is 1. The molecule has 1 atom stereocenters. The van der Waals surface area contributed by atoms with Gasteiger partial charge in [-0.15, -0.1) is 11.3 Å². The predicted molar refractivity (Wildman–Crippen MR) is 134 cm³/mol. The summed E-state index contributed by atoms with van der Waals surface area (Å²) in [5.74, 6) is -0.433. The number of nitrogens with zero attached hydrogens (tertiary/aromatic N) is 1. The first kappa shape index (κ1) is 23.5. The molecule has 0 radical (unpaired) electrons. The van der Waals surface area contributed by atoms with Crippen LogP contribution in [0, 0.1) is 0 Å². The lowest BCUT2D eigenvalue weighted by Gasteiger charge is -2.26. The van der Waals surface area contributed by atoms with Crippen LogP contribution in [0.4, 0.5) is 0 Å². The van der Waals surface area contributed by atoms with Gasteiger partial charge in [0, 0.05) is 10.3 Å². The largest absolute Gasteiger partial charge is 0.503 e. The Morgan fingerprint density at radius 1 is 1.00 bits per heavy atom. The van der Waals surface area contributed by atoms with E-state index in [1.807, 2.05) is 17.5 Å². The molecule has 36 heavy (non-hydrogen) atoms. The van der Waals surface area contributed by atoms with Gasteiger partial charge in [0.05, 0.1) is 39.5 Å². The maximum atomic E-state index is 13.8. The third-order valence-corrected chi connectivity index (χ3v) is 6.99. The minimum atomic E-state index is -0.873. The third kappa shape index (κ3) is 3.87. The summed E-state index contributed by atoms with van der Waals surface area (Å²) in [5.41, 5.74) is 0.923. The van der Waals surface area contributed by atoms with Crippen LogP contribution in [0.1, 0.15) is 27.0 Å². The quantitative estimate of drug-likeness (QED) is 0.325. The number of fused-ring (bicyclic) bond motifs is 1. The fourth-order valence-electron chi connectivity index (χ4n) is 4.43. The first-order chi connectivity index (χ1) is 17.5. The second kappa shape index (κ2) is 9.43. The number of carbonyl (C=O) groups excluding carboxylic acids is 2. The molecule has 3 heterocycles. The maximum absolute atomic E-state index is 13.8. The van der Waals surface area contributed by atoms with Crippen molar-refractivity contribution in [2.24, 2.45) is 0 Å². The number of amides is 1. The van der Waals surface area contributed by atoms with Gasteiger partial charge in [0.15, 0.2) is 34.4 Å². The molecule has 1 aliphatic heterocycles. The highest BCUT2D eigenvalue weighted by Crippen LogP contribution is 2.43. The fourth-order valence-corrected chi connectivity index (χ4v) is 5.13. The number of carbonyl (C=O) groups is 2. The molecular weight excluding hydrogens is 482 g/mol. The van der Waals surface area contributed by atoms with Gasteiger partial charge in [-0.3, -0.25) is 9.59 Å². The molecule has 4 aromatic rings. The Morgan fingerprint density at radius 2 is 1.78 bits per heavy atom. The number of thiophene rings is 1. The number of aliphatic hydroxyl groups excluding tert-OH is 1. The molecule has 8 nitrogen and oxygen atoms in total. The van der Waals surface area contributed by atoms with Gasteiger partial charge >= 0.3 is 0 Å². The summed E-state index contributed by atoms with van der Waals surface area (Å²) < 4.78 is 22.0. The van der Waals surface area contributed by atoms with Gasteiger partial charge in [-0.05, 0) is 41.3 Å². The molecule has 5 rings (SSSR count). The minimum Gasteiger partial charge on any atom is -0.503 e. The van der Waals surface area contributed by atoms with Gasteiger partial charge in [-0.2, -0.15) is 0 Å². The minimum absolute atomic E-state index is 0.00713. The van der Waals surface area contributed by atoms with E-state index in [9.17, 15) is 14.7 Å². The van der Waals surface area contributed by atoms with E-state index in [0.717, 1.165) is 4.88 Å². The Bertz CT molecular complexity index is 1490. The molecule has 0 fully saturated rings. The zero-order chi connectivity index (χ0) is 25.4. The summed E-state index contributed by atoms with van der Waals surface area (Å²) in [6.45, 7) is 0.213. The average molecular weight is 506 g/mol. The number of rotatable bonds is 8. The second-order valence-corrected chi connectivity index (χ2v) is 9.14. The number of Topliss-reactive ketones (excluding diaryl/α,β-unsaturated/α-hetero) is 1. The normalized spacial score (nSPS) is 15.6. The Labute approximate surface area is 210 Å². The molecule has 1 amide bonds. The van der Waals surface area contributed by atoms with E-state index < -0.39 is 23.5 Å². The first-order valence-electron chi connectivity index (χ1n) is 11.1. The zero-order valence-corrected chi connectivity index (χ0v) is 20.6. The van der Waals surface area contributed by atoms with Crippen LogP contribution in [0.5, 0.6) is 17.2 Å². The molecule has 9 heteroatoms. The van der Waals surface area contributed by atoms with Crippen LogP contribution >= 0.6 is 11.3 Å². The number of aliphatic hydroxyl groups is 1. The van der Waals surface area contributed by atoms with Crippen LogP contribution in [0.15, 0.2) is 75.7 Å². The van der Waals surface area contributed by atoms with Crippen LogP contribution in [0.25, 0.3) is 11.0 Å². The number of ketones is 1. The van der Waals surface area contributed by atoms with E-state index in [-0.39, 0.29) is 17.9 Å². The topological polar surface area (TPSA) is 98.4 Å². The standard InChI is InChI=1S/C27H23NO7S/c1-32-18-10-9-15(12-20(18)34-3)23-22(25(30)27(31)28(23)14-17-7-5-11-36-17)24(29)21-13-16-6-4-8-19(33-2)26(16)35-21/h4-13,23,30H,14H2,1-3H3. The van der Waals surface area contributed by atoms with Gasteiger partial charge in [0.1, 0.15) is 0 Å². The smallest absolute Gasteiger partial charge is 0.290 e. The predicted octanol–water partition coefficient (Wildman–Crippen LogP) is 5.30. The van der Waals surface area contributed by atoms with Crippen molar-refractivity contribution in [3.8, 4) is 17.2 Å². The van der Waals surface area contributed by atoms with Gasteiger partial charge in [0.2, 0.25) is 5.78 Å². The molecule has 0 saturated carbocycles. The number of para-hydroxylation sites is 1. The van der Waals surface area contributed by atoms with E-state index >= 15 is 0 Å². The summed E-state index contributed by atoms with van der Waals surface area (Å²) in [6, 6.07) is 14.9. The highest BCUT2D eigenvalue weighted by Gasteiger charge is 2.45. The Hall–Kier alpha value is -4.24. The number of methoxy groups -OCH3 is 3. The number of ether oxygens (including phenoxy) is 3. The number of furan rings is 1. The lowest BCUT2D eigenvalue weighted by atomic mass is 9.94. The van der Waals surface area contributed by atoms with Gasteiger partial charge in [-0.1, -0.05) is 24.3 Å². The van der Waals surface area contributed by atoms with Crippen molar-refractivity contribution >= 4 is 34.0 Å². The molecule has 2 aromatic carbocycles. The van der Waals surface area contributed by atoms with Gasteiger partial charge < -0.3 is 28.6 Å². The van der Waals surface area contributed by atoms with Crippen molar-refractivity contribution in [1.29, 1.82) is 0 Å². The summed E-state index contributed by atoms with van der Waals surface area (Å²) in [4.78, 5) is 29.4. The van der Waals surface area contributed by atoms with E-state index in [1.54, 1.807) is 42.5 Å². The molecule has 1 aliphatic rings. The average Bonchev–Trinajstić information content (AvgIpc) is 3.63. The summed E-state index contributed by atoms with van der Waals surface area (Å²) in [7, 11) is 4.54. The van der Waals surface area contributed by atoms with Crippen molar-refractivity contribution in [1.82, 2.24) is 4.90 Å². The van der Waals surface area contributed by atoms with Gasteiger partial charge in [-0.25, -0.2) is 0 Å². The Kier molecular flexibility index (Phi) is 6.15. The van der Waals surface area contributed by atoms with E-state index in [1.165, 1.54) is 37.6 Å². The van der Waals surface area contributed by atoms with Crippen LogP contribution in [-0.2, 0) is 11.3 Å². The Morgan fingerprint density at radius 3 is 2.47 bits per heavy atom. The molecule has 184 valence electrons. The number of benzene rings is 2.